The summed E-state index contributed by atoms with van der Waals surface area (Å²) in [6.45, 7) is 3.71. The van der Waals surface area contributed by atoms with Gasteiger partial charge in [-0.05, 0) is 57.8 Å². The summed E-state index contributed by atoms with van der Waals surface area (Å²) in [6.07, 6.45) is 1.63. The van der Waals surface area contributed by atoms with Crippen LogP contribution in [0, 0.1) is 24.4 Å². The van der Waals surface area contributed by atoms with E-state index in [1.165, 1.54) is 52.6 Å². The second-order valence-electron chi connectivity index (χ2n) is 12.8. The molecule has 0 fully saturated rings. The minimum Gasteiger partial charge on any atom is -0.305 e. The summed E-state index contributed by atoms with van der Waals surface area (Å²) in [5, 5.41) is 7.63. The maximum Gasteiger partial charge on any atom is 0.0434 e. The van der Waals surface area contributed by atoms with Gasteiger partial charge >= 0.3 is 0 Å². The molecule has 0 unspecified atom stereocenters. The van der Waals surface area contributed by atoms with Gasteiger partial charge in [-0.25, -0.2) is 0 Å². The van der Waals surface area contributed by atoms with Crippen molar-refractivity contribution in [1.29, 1.82) is 0 Å². The predicted octanol–water partition coefficient (Wildman–Crippen LogP) is 12.9. The SMILES string of the molecule is [2H]C([2H])([2H])c1ccc(-c2[c-]cccc2)nc1.[2H]C([2H])(c1ccnc(-c2[c-]ccc3c2sc2c3ccc3c2ccc2c4ccccc4sc23)c1)C(C)(C)C.[Ir]. The van der Waals surface area contributed by atoms with Gasteiger partial charge < -0.3 is 9.97 Å². The summed E-state index contributed by atoms with van der Waals surface area (Å²) in [4.78, 5) is 8.79. The minimum absolute atomic E-state index is 0. The molecule has 9 rings (SSSR count). The molecule has 0 amide bonds. The molecule has 9 aromatic rings. The van der Waals surface area contributed by atoms with Crippen LogP contribution in [-0.4, -0.2) is 9.97 Å². The third kappa shape index (κ3) is 6.57. The van der Waals surface area contributed by atoms with Crippen LogP contribution in [0.3, 0.4) is 0 Å². The Morgan fingerprint density at radius 2 is 1.39 bits per heavy atom. The van der Waals surface area contributed by atoms with Crippen molar-refractivity contribution in [2.24, 2.45) is 5.41 Å². The minimum atomic E-state index is -2.09. The molecule has 2 nitrogen and oxygen atoms in total. The topological polar surface area (TPSA) is 25.8 Å². The summed E-state index contributed by atoms with van der Waals surface area (Å²) >= 11 is 3.65. The van der Waals surface area contributed by atoms with E-state index in [4.69, 9.17) is 6.85 Å². The Morgan fingerprint density at radius 3 is 2.08 bits per heavy atom. The fourth-order valence-electron chi connectivity index (χ4n) is 6.16. The molecule has 0 aliphatic rings. The fourth-order valence-corrected chi connectivity index (χ4v) is 8.73. The van der Waals surface area contributed by atoms with Crippen molar-refractivity contribution in [2.75, 3.05) is 0 Å². The van der Waals surface area contributed by atoms with Crippen molar-refractivity contribution in [2.45, 2.75) is 34.0 Å². The monoisotopic (exact) mass is 852 g/mol. The maximum absolute atomic E-state index is 8.76. The fraction of sp³-hybridized carbons (Fsp3) is 0.136. The third-order valence-corrected chi connectivity index (χ3v) is 10.7. The Labute approximate surface area is 315 Å². The van der Waals surface area contributed by atoms with Crippen LogP contribution in [0.2, 0.25) is 0 Å². The zero-order valence-corrected chi connectivity index (χ0v) is 31.1. The van der Waals surface area contributed by atoms with Gasteiger partial charge in [0.15, 0.2) is 0 Å². The van der Waals surface area contributed by atoms with E-state index in [0.29, 0.717) is 5.56 Å². The summed E-state index contributed by atoms with van der Waals surface area (Å²) in [6, 6.07) is 42.7. The Morgan fingerprint density at radius 1 is 0.673 bits per heavy atom. The van der Waals surface area contributed by atoms with E-state index in [1.807, 2.05) is 62.4 Å². The molecule has 0 aliphatic heterocycles. The van der Waals surface area contributed by atoms with Gasteiger partial charge in [0.05, 0.1) is 0 Å². The number of hydrogen-bond acceptors (Lipinski definition) is 4. The van der Waals surface area contributed by atoms with Gasteiger partial charge in [0.25, 0.3) is 0 Å². The number of aryl methyl sites for hydroxylation is 1. The van der Waals surface area contributed by atoms with Crippen LogP contribution in [0.15, 0.2) is 122 Å². The number of fused-ring (bicyclic) bond motifs is 9. The molecule has 0 saturated heterocycles. The summed E-state index contributed by atoms with van der Waals surface area (Å²) in [7, 11) is 0. The van der Waals surface area contributed by atoms with Gasteiger partial charge in [-0.15, -0.1) is 71.0 Å². The molecule has 0 N–H and O–H groups in total. The first-order valence-corrected chi connectivity index (χ1v) is 17.4. The molecule has 0 atom stereocenters. The smallest absolute Gasteiger partial charge is 0.0434 e. The second kappa shape index (κ2) is 13.6. The Kier molecular flexibility index (Phi) is 7.63. The molecule has 5 heteroatoms. The molecule has 5 aromatic carbocycles. The molecule has 4 heterocycles. The van der Waals surface area contributed by atoms with Gasteiger partial charge in [-0.3, -0.25) is 0 Å². The van der Waals surface area contributed by atoms with Crippen LogP contribution >= 0.6 is 22.7 Å². The van der Waals surface area contributed by atoms with Crippen molar-refractivity contribution < 1.29 is 27.0 Å². The molecule has 0 aliphatic carbocycles. The van der Waals surface area contributed by atoms with Gasteiger partial charge in [-0.1, -0.05) is 92.4 Å². The van der Waals surface area contributed by atoms with Crippen LogP contribution in [0.5, 0.6) is 0 Å². The molecular weight excluding hydrogens is 813 g/mol. The van der Waals surface area contributed by atoms with Crippen LogP contribution in [0.4, 0.5) is 0 Å². The number of pyridine rings is 2. The molecule has 49 heavy (non-hydrogen) atoms. The summed E-state index contributed by atoms with van der Waals surface area (Å²) in [5.41, 5.74) is 3.66. The number of hydrogen-bond donors (Lipinski definition) is 0. The van der Waals surface area contributed by atoms with E-state index in [1.54, 1.807) is 41.8 Å². The van der Waals surface area contributed by atoms with Crippen LogP contribution in [0.25, 0.3) is 73.6 Å². The first-order valence-electron chi connectivity index (χ1n) is 18.3. The number of benzene rings is 5. The number of thiophene rings is 2. The van der Waals surface area contributed by atoms with Gasteiger partial charge in [0.2, 0.25) is 0 Å². The summed E-state index contributed by atoms with van der Waals surface area (Å²) < 4.78 is 44.3. The molecule has 0 bridgehead atoms. The summed E-state index contributed by atoms with van der Waals surface area (Å²) in [5.74, 6) is 0. The largest absolute Gasteiger partial charge is 0.305 e. The van der Waals surface area contributed by atoms with Crippen LogP contribution < -0.4 is 0 Å². The number of rotatable bonds is 3. The third-order valence-electron chi connectivity index (χ3n) is 8.22. The molecular formula is C44H34IrN2S2-2. The standard InChI is InChI=1S/C32H24NS2.C12H10N.Ir/c1-32(2,3)18-19-15-16-33-27(17-19)26-9-6-8-21-23-13-14-24-25(30(23)35-31(21)26)12-11-22-20-7-4-5-10-28(20)34-29(22)24;1-10-7-8-12(13-9-10)11-5-3-2-4-6-11;/h4-8,10-17H,18H2,1-3H3;2-5,7-9H,1H3;/q2*-1;/i18D2;1D3;. The molecule has 0 spiro atoms. The van der Waals surface area contributed by atoms with Crippen molar-refractivity contribution in [3.05, 3.63) is 145 Å². The molecule has 0 saturated carbocycles. The zero-order valence-electron chi connectivity index (χ0n) is 32.1. The normalized spacial score (nSPS) is 13.7. The first-order chi connectivity index (χ1) is 25.3. The van der Waals surface area contributed by atoms with E-state index in [9.17, 15) is 0 Å². The van der Waals surface area contributed by atoms with Crippen molar-refractivity contribution in [1.82, 2.24) is 9.97 Å². The first kappa shape index (κ1) is 27.6. The van der Waals surface area contributed by atoms with Crippen LogP contribution in [0.1, 0.15) is 38.8 Å². The number of nitrogens with zero attached hydrogens (tertiary/aromatic N) is 2. The van der Waals surface area contributed by atoms with E-state index >= 15 is 0 Å². The average molecular weight is 852 g/mol. The van der Waals surface area contributed by atoms with E-state index in [-0.39, 0.29) is 25.7 Å². The molecule has 4 aromatic heterocycles. The second-order valence-corrected chi connectivity index (χ2v) is 14.9. The van der Waals surface area contributed by atoms with Gasteiger partial charge in [-0.2, -0.15) is 11.3 Å². The zero-order chi connectivity index (χ0) is 37.1. The number of aromatic nitrogens is 2. The molecule has 1 radical (unpaired) electrons. The van der Waals surface area contributed by atoms with E-state index < -0.39 is 18.6 Å². The predicted molar refractivity (Wildman–Crippen MR) is 208 cm³/mol. The average Bonchev–Trinajstić information content (AvgIpc) is 3.74. The Balaban J connectivity index is 0.000000223. The van der Waals surface area contributed by atoms with E-state index in [0.717, 1.165) is 27.2 Å². The van der Waals surface area contributed by atoms with Crippen LogP contribution in [-0.2, 0) is 26.5 Å². The van der Waals surface area contributed by atoms with Gasteiger partial charge in [0.1, 0.15) is 0 Å². The van der Waals surface area contributed by atoms with Crippen molar-refractivity contribution in [3.8, 4) is 22.5 Å². The molecule has 243 valence electrons. The van der Waals surface area contributed by atoms with Crippen molar-refractivity contribution >= 4 is 73.8 Å². The Hall–Kier alpha value is -4.25. The Bertz CT molecular complexity index is 2780. The maximum atomic E-state index is 8.76. The van der Waals surface area contributed by atoms with Crippen molar-refractivity contribution in [3.63, 3.8) is 0 Å². The van der Waals surface area contributed by atoms with Gasteiger partial charge in [0, 0.05) is 75.0 Å². The van der Waals surface area contributed by atoms with E-state index in [2.05, 4.69) is 76.7 Å². The quantitative estimate of drug-likeness (QED) is 0.166.